The van der Waals surface area contributed by atoms with E-state index >= 15 is 0 Å². The van der Waals surface area contributed by atoms with Crippen molar-refractivity contribution in [2.24, 2.45) is 45.3 Å². The van der Waals surface area contributed by atoms with Crippen LogP contribution in [0.4, 0.5) is 0 Å². The maximum Gasteiger partial charge on any atom is 0.306 e. The summed E-state index contributed by atoms with van der Waals surface area (Å²) in [5, 5.41) is 20.9. The highest BCUT2D eigenvalue weighted by Gasteiger charge is 2.73. The zero-order chi connectivity index (χ0) is 28.7. The molecule has 2 N–H and O–H groups in total. The molecule has 0 bridgehead atoms. The van der Waals surface area contributed by atoms with Crippen LogP contribution in [0.15, 0.2) is 11.1 Å². The van der Waals surface area contributed by atoms with Crippen molar-refractivity contribution in [2.75, 3.05) is 0 Å². The molecule has 0 saturated heterocycles. The number of fused-ring (bicyclic) bond motifs is 4. The lowest BCUT2D eigenvalue weighted by Gasteiger charge is -2.59. The molecule has 2 saturated carbocycles. The van der Waals surface area contributed by atoms with E-state index in [1.165, 1.54) is 6.92 Å². The SMILES string of the molecule is C[C@H](CC(=O)C[C@@H](C)[C@H]1CC(=O)[C@@]2(C)C3=C(C(=O)[C@@H](O)[C@]12C)[C@@]1(C)CCC(=O)C(C)(C)[C@H]1CC3=O)C(=O)O. The fourth-order valence-electron chi connectivity index (χ4n) is 8.67. The Morgan fingerprint density at radius 3 is 2.11 bits per heavy atom. The van der Waals surface area contributed by atoms with Gasteiger partial charge in [0, 0.05) is 59.5 Å². The van der Waals surface area contributed by atoms with Gasteiger partial charge in [0.15, 0.2) is 11.6 Å². The van der Waals surface area contributed by atoms with Gasteiger partial charge in [-0.25, -0.2) is 0 Å². The van der Waals surface area contributed by atoms with Gasteiger partial charge in [0.05, 0.1) is 11.3 Å². The minimum absolute atomic E-state index is 0.00839. The number of aliphatic carboxylic acids is 1. The summed E-state index contributed by atoms with van der Waals surface area (Å²) >= 11 is 0. The first-order valence-electron chi connectivity index (χ1n) is 13.7. The van der Waals surface area contributed by atoms with E-state index in [4.69, 9.17) is 5.11 Å². The van der Waals surface area contributed by atoms with Gasteiger partial charge in [0.25, 0.3) is 0 Å². The van der Waals surface area contributed by atoms with Crippen LogP contribution in [-0.4, -0.2) is 51.2 Å². The molecule has 0 spiro atoms. The van der Waals surface area contributed by atoms with Crippen LogP contribution in [-0.2, 0) is 28.8 Å². The second-order valence-corrected chi connectivity index (χ2v) is 13.6. The summed E-state index contributed by atoms with van der Waals surface area (Å²) < 4.78 is 0. The van der Waals surface area contributed by atoms with Crippen molar-refractivity contribution < 1.29 is 39.0 Å². The normalized spacial score (nSPS) is 39.8. The highest BCUT2D eigenvalue weighted by Crippen LogP contribution is 2.69. The Hall–Kier alpha value is -2.48. The third kappa shape index (κ3) is 3.51. The van der Waals surface area contributed by atoms with Crippen LogP contribution in [0.25, 0.3) is 0 Å². The first kappa shape index (κ1) is 28.5. The molecule has 4 aliphatic carbocycles. The molecule has 0 unspecified atom stereocenters. The lowest BCUT2D eigenvalue weighted by molar-refractivity contribution is -0.158. The predicted octanol–water partition coefficient (Wildman–Crippen LogP) is 3.52. The molecule has 8 nitrogen and oxygen atoms in total. The van der Waals surface area contributed by atoms with Gasteiger partial charge in [-0.3, -0.25) is 28.8 Å². The van der Waals surface area contributed by atoms with Gasteiger partial charge >= 0.3 is 5.97 Å². The maximum atomic E-state index is 14.1. The van der Waals surface area contributed by atoms with Gasteiger partial charge < -0.3 is 10.2 Å². The lowest BCUT2D eigenvalue weighted by Crippen LogP contribution is -2.64. The van der Waals surface area contributed by atoms with E-state index < -0.39 is 63.2 Å². The molecule has 2 fully saturated rings. The Labute approximate surface area is 223 Å². The summed E-state index contributed by atoms with van der Waals surface area (Å²) in [5.74, 6) is -4.60. The Kier molecular flexibility index (Phi) is 6.58. The number of aliphatic hydroxyl groups excluding tert-OH is 1. The van der Waals surface area contributed by atoms with Crippen molar-refractivity contribution in [1.82, 2.24) is 0 Å². The Balaban J connectivity index is 1.81. The molecular weight excluding hydrogens is 488 g/mol. The van der Waals surface area contributed by atoms with Gasteiger partial charge in [0.2, 0.25) is 0 Å². The van der Waals surface area contributed by atoms with E-state index in [1.807, 2.05) is 20.8 Å². The van der Waals surface area contributed by atoms with Crippen LogP contribution in [0.2, 0.25) is 0 Å². The maximum absolute atomic E-state index is 14.1. The first-order valence-corrected chi connectivity index (χ1v) is 13.7. The standard InChI is InChI=1S/C30H40O8/c1-14(10-16(31)11-15(2)26(37)38)17-12-21(34)30(7)22-18(32)13-19-27(3,4)20(33)8-9-28(19,5)23(22)24(35)25(36)29(17,30)6/h14-15,17,19,25,36H,8-13H2,1-7H3,(H,37,38)/t14-,15-,17-,19-,25-,28+,29+,30+/m1/s1. The molecule has 0 aromatic heterocycles. The summed E-state index contributed by atoms with van der Waals surface area (Å²) in [5.41, 5.74) is -3.95. The second-order valence-electron chi connectivity index (χ2n) is 13.6. The van der Waals surface area contributed by atoms with Crippen LogP contribution in [0.3, 0.4) is 0 Å². The number of aliphatic hydroxyl groups is 1. The largest absolute Gasteiger partial charge is 0.481 e. The van der Waals surface area contributed by atoms with Crippen molar-refractivity contribution in [1.29, 1.82) is 0 Å². The zero-order valence-electron chi connectivity index (χ0n) is 23.5. The smallest absolute Gasteiger partial charge is 0.306 e. The van der Waals surface area contributed by atoms with Crippen LogP contribution >= 0.6 is 0 Å². The van der Waals surface area contributed by atoms with Crippen LogP contribution < -0.4 is 0 Å². The van der Waals surface area contributed by atoms with Crippen LogP contribution in [0, 0.1) is 45.3 Å². The minimum Gasteiger partial charge on any atom is -0.481 e. The molecule has 4 aliphatic rings. The number of allylic oxidation sites excluding steroid dienone is 1. The van der Waals surface area contributed by atoms with Crippen molar-refractivity contribution in [3.8, 4) is 0 Å². The van der Waals surface area contributed by atoms with E-state index in [0.29, 0.717) is 6.42 Å². The molecule has 38 heavy (non-hydrogen) atoms. The fraction of sp³-hybridized carbons (Fsp3) is 0.733. The molecular formula is C30H40O8. The third-order valence-electron chi connectivity index (χ3n) is 11.3. The second kappa shape index (κ2) is 8.77. The molecule has 0 aliphatic heterocycles. The van der Waals surface area contributed by atoms with E-state index in [1.54, 1.807) is 20.8 Å². The van der Waals surface area contributed by atoms with Crippen LogP contribution in [0.1, 0.15) is 87.0 Å². The molecule has 8 atom stereocenters. The van der Waals surface area contributed by atoms with E-state index in [9.17, 15) is 33.9 Å². The number of rotatable bonds is 6. The molecule has 0 aromatic rings. The number of Topliss-reactive ketones (excluding diaryl/α,β-unsaturated/α-hetero) is 5. The Morgan fingerprint density at radius 1 is 0.921 bits per heavy atom. The van der Waals surface area contributed by atoms with Crippen molar-refractivity contribution in [3.05, 3.63) is 11.1 Å². The summed E-state index contributed by atoms with van der Waals surface area (Å²) in [6.45, 7) is 12.1. The highest BCUT2D eigenvalue weighted by molar-refractivity contribution is 6.18. The summed E-state index contributed by atoms with van der Waals surface area (Å²) in [4.78, 5) is 78.5. The third-order valence-corrected chi connectivity index (χ3v) is 11.3. The van der Waals surface area contributed by atoms with Gasteiger partial charge in [-0.05, 0) is 31.1 Å². The molecule has 0 amide bonds. The number of carboxylic acids is 1. The van der Waals surface area contributed by atoms with Crippen molar-refractivity contribution >= 4 is 34.9 Å². The molecule has 8 heteroatoms. The number of carboxylic acid groups (broad SMARTS) is 1. The fourth-order valence-corrected chi connectivity index (χ4v) is 8.67. The van der Waals surface area contributed by atoms with Crippen LogP contribution in [0.5, 0.6) is 0 Å². The lowest BCUT2D eigenvalue weighted by atomic mass is 9.42. The predicted molar refractivity (Wildman–Crippen MR) is 137 cm³/mol. The van der Waals surface area contributed by atoms with Gasteiger partial charge in [-0.15, -0.1) is 0 Å². The quantitative estimate of drug-likeness (QED) is 0.533. The van der Waals surface area contributed by atoms with Gasteiger partial charge in [0.1, 0.15) is 23.5 Å². The van der Waals surface area contributed by atoms with E-state index in [0.717, 1.165) is 0 Å². The number of carbonyl (C=O) groups is 6. The average molecular weight is 529 g/mol. The number of hydrogen-bond donors (Lipinski definition) is 2. The Morgan fingerprint density at radius 2 is 1.53 bits per heavy atom. The topological polar surface area (TPSA) is 143 Å². The first-order chi connectivity index (χ1) is 17.4. The highest BCUT2D eigenvalue weighted by atomic mass is 16.4. The summed E-state index contributed by atoms with van der Waals surface area (Å²) in [6, 6.07) is 0. The zero-order valence-corrected chi connectivity index (χ0v) is 23.5. The monoisotopic (exact) mass is 528 g/mol. The summed E-state index contributed by atoms with van der Waals surface area (Å²) in [6.07, 6.45) is -0.983. The number of ketones is 5. The average Bonchev–Trinajstić information content (AvgIpc) is 3.03. The van der Waals surface area contributed by atoms with E-state index in [2.05, 4.69) is 0 Å². The number of carbonyl (C=O) groups excluding carboxylic acids is 5. The molecule has 208 valence electrons. The summed E-state index contributed by atoms with van der Waals surface area (Å²) in [7, 11) is 0. The number of hydrogen-bond acceptors (Lipinski definition) is 7. The molecule has 4 rings (SSSR count). The van der Waals surface area contributed by atoms with Crippen molar-refractivity contribution in [2.45, 2.75) is 93.1 Å². The van der Waals surface area contributed by atoms with Gasteiger partial charge in [-0.1, -0.05) is 41.5 Å². The molecule has 0 heterocycles. The van der Waals surface area contributed by atoms with Gasteiger partial charge in [-0.2, -0.15) is 0 Å². The Bertz CT molecular complexity index is 1190. The minimum atomic E-state index is -1.55. The van der Waals surface area contributed by atoms with E-state index in [-0.39, 0.29) is 66.4 Å². The molecule has 0 radical (unpaired) electrons. The van der Waals surface area contributed by atoms with Crippen molar-refractivity contribution in [3.63, 3.8) is 0 Å². The molecule has 0 aromatic carbocycles.